The van der Waals surface area contributed by atoms with Crippen LogP contribution in [0.25, 0.3) is 0 Å². The maximum Gasteiger partial charge on any atom is 0.273 e. The van der Waals surface area contributed by atoms with Crippen LogP contribution in [0.15, 0.2) is 41.0 Å². The highest BCUT2D eigenvalue weighted by Gasteiger charge is 2.16. The van der Waals surface area contributed by atoms with Crippen molar-refractivity contribution >= 4 is 17.5 Å². The molecule has 1 heterocycles. The molecule has 0 aliphatic rings. The van der Waals surface area contributed by atoms with Crippen molar-refractivity contribution in [3.63, 3.8) is 0 Å². The first-order valence-corrected chi connectivity index (χ1v) is 7.24. The van der Waals surface area contributed by atoms with Crippen LogP contribution in [0.4, 0.5) is 5.69 Å². The van der Waals surface area contributed by atoms with E-state index < -0.39 is 16.7 Å². The minimum absolute atomic E-state index is 0.124. The number of benzene rings is 1. The zero-order chi connectivity index (χ0) is 17.7. The van der Waals surface area contributed by atoms with E-state index in [1.807, 2.05) is 0 Å². The summed E-state index contributed by atoms with van der Waals surface area (Å²) in [5, 5.41) is 16.0. The number of rotatable bonds is 6. The van der Waals surface area contributed by atoms with Gasteiger partial charge in [-0.05, 0) is 32.0 Å². The Labute approximate surface area is 138 Å². The molecule has 8 nitrogen and oxygen atoms in total. The quantitative estimate of drug-likeness (QED) is 0.621. The highest BCUT2D eigenvalue weighted by molar-refractivity contribution is 5.97. The topological polar surface area (TPSA) is 114 Å². The maximum absolute atomic E-state index is 12.0. The molecule has 0 bridgehead atoms. The lowest BCUT2D eigenvalue weighted by molar-refractivity contribution is -0.385. The second-order valence-electron chi connectivity index (χ2n) is 5.25. The van der Waals surface area contributed by atoms with Crippen molar-refractivity contribution < 1.29 is 18.9 Å². The van der Waals surface area contributed by atoms with Crippen molar-refractivity contribution in [1.29, 1.82) is 0 Å². The van der Waals surface area contributed by atoms with Gasteiger partial charge in [0.2, 0.25) is 5.91 Å². The van der Waals surface area contributed by atoms with Crippen LogP contribution in [-0.4, -0.2) is 23.3 Å². The highest BCUT2D eigenvalue weighted by atomic mass is 16.6. The largest absolute Gasteiger partial charge is 0.467 e. The Hall–Kier alpha value is -3.16. The fourth-order valence-corrected chi connectivity index (χ4v) is 2.11. The predicted octanol–water partition coefficient (Wildman–Crippen LogP) is 2.10. The van der Waals surface area contributed by atoms with Crippen molar-refractivity contribution in [2.24, 2.45) is 0 Å². The summed E-state index contributed by atoms with van der Waals surface area (Å²) < 4.78 is 5.17. The average molecular weight is 331 g/mol. The first-order chi connectivity index (χ1) is 11.4. The Balaban J connectivity index is 1.92. The van der Waals surface area contributed by atoms with Crippen molar-refractivity contribution in [1.82, 2.24) is 10.6 Å². The van der Waals surface area contributed by atoms with Crippen LogP contribution >= 0.6 is 0 Å². The lowest BCUT2D eigenvalue weighted by Gasteiger charge is -2.12. The van der Waals surface area contributed by atoms with E-state index in [1.165, 1.54) is 24.5 Å². The van der Waals surface area contributed by atoms with Crippen LogP contribution in [0.3, 0.4) is 0 Å². The first-order valence-electron chi connectivity index (χ1n) is 7.24. The van der Waals surface area contributed by atoms with Crippen molar-refractivity contribution in [2.75, 3.05) is 6.54 Å². The molecule has 0 fully saturated rings. The molecule has 0 unspecified atom stereocenters. The fourth-order valence-electron chi connectivity index (χ4n) is 2.11. The summed E-state index contributed by atoms with van der Waals surface area (Å²) in [6.45, 7) is 3.09. The van der Waals surface area contributed by atoms with Gasteiger partial charge in [0.25, 0.3) is 11.6 Å². The molecule has 0 aliphatic carbocycles. The number of furan rings is 1. The predicted molar refractivity (Wildman–Crippen MR) is 85.4 cm³/mol. The normalized spacial score (nSPS) is 11.6. The van der Waals surface area contributed by atoms with Crippen LogP contribution < -0.4 is 10.6 Å². The van der Waals surface area contributed by atoms with Crippen LogP contribution in [0.2, 0.25) is 0 Å². The number of nitro benzene ring substituents is 1. The summed E-state index contributed by atoms with van der Waals surface area (Å²) in [5.41, 5.74) is 0.444. The molecule has 0 spiro atoms. The molecule has 2 N–H and O–H groups in total. The van der Waals surface area contributed by atoms with Crippen LogP contribution in [-0.2, 0) is 4.79 Å². The van der Waals surface area contributed by atoms with Crippen molar-refractivity contribution in [3.8, 4) is 0 Å². The van der Waals surface area contributed by atoms with Gasteiger partial charge in [0, 0.05) is 17.2 Å². The standard InChI is InChI=1S/C16H17N3O5/c1-10-5-6-12(8-13(10)19(22)23)16(21)17-9-15(20)18-11(2)14-4-3-7-24-14/h3-8,11H,9H2,1-2H3,(H,17,21)(H,18,20)/t11-/m0/s1. The van der Waals surface area contributed by atoms with E-state index in [4.69, 9.17) is 4.42 Å². The fraction of sp³-hybridized carbons (Fsp3) is 0.250. The number of nitrogens with one attached hydrogen (secondary N) is 2. The Morgan fingerprint density at radius 1 is 1.33 bits per heavy atom. The van der Waals surface area contributed by atoms with Gasteiger partial charge in [0.15, 0.2) is 0 Å². The van der Waals surface area contributed by atoms with E-state index in [0.29, 0.717) is 11.3 Å². The molecule has 2 rings (SSSR count). The summed E-state index contributed by atoms with van der Waals surface area (Å²) in [4.78, 5) is 34.2. The molecule has 2 amide bonds. The SMILES string of the molecule is Cc1ccc(C(=O)NCC(=O)N[C@@H](C)c2ccco2)cc1[N+](=O)[O-]. The summed E-state index contributed by atoms with van der Waals surface area (Å²) in [6, 6.07) is 7.27. The molecule has 1 aromatic carbocycles. The summed E-state index contributed by atoms with van der Waals surface area (Å²) in [7, 11) is 0. The number of nitro groups is 1. The van der Waals surface area contributed by atoms with Gasteiger partial charge in [0.1, 0.15) is 5.76 Å². The van der Waals surface area contributed by atoms with E-state index in [1.54, 1.807) is 26.0 Å². The second kappa shape index (κ2) is 7.40. The van der Waals surface area contributed by atoms with Gasteiger partial charge < -0.3 is 15.1 Å². The van der Waals surface area contributed by atoms with Crippen LogP contribution in [0.5, 0.6) is 0 Å². The van der Waals surface area contributed by atoms with E-state index in [2.05, 4.69) is 10.6 Å². The van der Waals surface area contributed by atoms with E-state index in [-0.39, 0.29) is 23.8 Å². The molecule has 8 heteroatoms. The monoisotopic (exact) mass is 331 g/mol. The lowest BCUT2D eigenvalue weighted by atomic mass is 10.1. The van der Waals surface area contributed by atoms with Gasteiger partial charge >= 0.3 is 0 Å². The Bertz CT molecular complexity index is 755. The number of carbonyl (C=O) groups is 2. The molecule has 126 valence electrons. The Morgan fingerprint density at radius 3 is 2.71 bits per heavy atom. The molecule has 0 radical (unpaired) electrons. The zero-order valence-corrected chi connectivity index (χ0v) is 13.2. The third-order valence-electron chi connectivity index (χ3n) is 3.42. The number of hydrogen-bond acceptors (Lipinski definition) is 5. The number of aryl methyl sites for hydroxylation is 1. The first kappa shape index (κ1) is 17.2. The summed E-state index contributed by atoms with van der Waals surface area (Å²) in [6.07, 6.45) is 1.50. The third kappa shape index (κ3) is 4.19. The number of amides is 2. The minimum Gasteiger partial charge on any atom is -0.467 e. The van der Waals surface area contributed by atoms with Crippen LogP contribution in [0, 0.1) is 17.0 Å². The van der Waals surface area contributed by atoms with Gasteiger partial charge in [-0.1, -0.05) is 6.07 Å². The van der Waals surface area contributed by atoms with Gasteiger partial charge in [-0.3, -0.25) is 19.7 Å². The maximum atomic E-state index is 12.0. The van der Waals surface area contributed by atoms with E-state index in [0.717, 1.165) is 0 Å². The number of carbonyl (C=O) groups excluding carboxylic acids is 2. The molecule has 1 atom stereocenters. The van der Waals surface area contributed by atoms with Gasteiger partial charge in [-0.2, -0.15) is 0 Å². The summed E-state index contributed by atoms with van der Waals surface area (Å²) in [5.74, 6) is -0.350. The Kier molecular flexibility index (Phi) is 5.31. The lowest BCUT2D eigenvalue weighted by Crippen LogP contribution is -2.37. The molecule has 0 saturated carbocycles. The van der Waals surface area contributed by atoms with E-state index in [9.17, 15) is 19.7 Å². The van der Waals surface area contributed by atoms with Crippen LogP contribution in [0.1, 0.15) is 34.6 Å². The molecule has 1 aromatic heterocycles. The molecule has 24 heavy (non-hydrogen) atoms. The molecule has 0 aliphatic heterocycles. The van der Waals surface area contributed by atoms with Gasteiger partial charge in [-0.25, -0.2) is 0 Å². The number of nitrogens with zero attached hydrogens (tertiary/aromatic N) is 1. The second-order valence-corrected chi connectivity index (χ2v) is 5.25. The third-order valence-corrected chi connectivity index (χ3v) is 3.42. The van der Waals surface area contributed by atoms with Crippen molar-refractivity contribution in [2.45, 2.75) is 19.9 Å². The van der Waals surface area contributed by atoms with Gasteiger partial charge in [-0.15, -0.1) is 0 Å². The number of hydrogen-bond donors (Lipinski definition) is 2. The van der Waals surface area contributed by atoms with E-state index >= 15 is 0 Å². The molecule has 0 saturated heterocycles. The Morgan fingerprint density at radius 2 is 2.08 bits per heavy atom. The molecular weight excluding hydrogens is 314 g/mol. The van der Waals surface area contributed by atoms with Gasteiger partial charge in [0.05, 0.1) is 23.8 Å². The average Bonchev–Trinajstić information content (AvgIpc) is 3.07. The molecule has 2 aromatic rings. The van der Waals surface area contributed by atoms with Crippen molar-refractivity contribution in [3.05, 3.63) is 63.6 Å². The summed E-state index contributed by atoms with van der Waals surface area (Å²) >= 11 is 0. The smallest absolute Gasteiger partial charge is 0.273 e. The zero-order valence-electron chi connectivity index (χ0n) is 13.2. The minimum atomic E-state index is -0.557. The highest BCUT2D eigenvalue weighted by Crippen LogP contribution is 2.19. The molecular formula is C16H17N3O5.